The summed E-state index contributed by atoms with van der Waals surface area (Å²) < 4.78 is 13.0. The third kappa shape index (κ3) is 3.84. The number of aliphatic hydroxyl groups excluding tert-OH is 1. The smallest absolute Gasteiger partial charge is 0.237 e. The molecule has 4 nitrogen and oxygen atoms in total. The first-order valence-electron chi connectivity index (χ1n) is 7.96. The summed E-state index contributed by atoms with van der Waals surface area (Å²) in [6.45, 7) is 5.82. The van der Waals surface area contributed by atoms with E-state index in [4.69, 9.17) is 0 Å². The lowest BCUT2D eigenvalue weighted by Crippen LogP contribution is -2.44. The molecule has 5 heteroatoms. The highest BCUT2D eigenvalue weighted by molar-refractivity contribution is 5.78. The van der Waals surface area contributed by atoms with Gasteiger partial charge >= 0.3 is 0 Å². The Morgan fingerprint density at radius 3 is 2.73 bits per heavy atom. The molecule has 0 spiro atoms. The van der Waals surface area contributed by atoms with Crippen molar-refractivity contribution in [3.8, 4) is 0 Å². The van der Waals surface area contributed by atoms with E-state index in [1.807, 2.05) is 13.8 Å². The lowest BCUT2D eigenvalue weighted by atomic mass is 10.1. The molecule has 0 saturated carbocycles. The van der Waals surface area contributed by atoms with Gasteiger partial charge in [-0.05, 0) is 50.9 Å². The summed E-state index contributed by atoms with van der Waals surface area (Å²) in [6, 6.07) is 6.31. The molecule has 0 radical (unpaired) electrons. The molecule has 1 aromatic carbocycles. The Bertz CT molecular complexity index is 492. The van der Waals surface area contributed by atoms with E-state index in [0.717, 1.165) is 24.9 Å². The number of benzene rings is 1. The molecule has 122 valence electrons. The fourth-order valence-electron chi connectivity index (χ4n) is 3.16. The SMILES string of the molecule is CCN(C(=O)CN1CCC[C@@H]1CO)C(C)c1ccc(F)cc1. The molecule has 1 fully saturated rings. The molecule has 1 aliphatic rings. The normalized spacial score (nSPS) is 20.1. The minimum Gasteiger partial charge on any atom is -0.395 e. The summed E-state index contributed by atoms with van der Waals surface area (Å²) in [4.78, 5) is 16.5. The number of likely N-dealkylation sites (tertiary alicyclic amines) is 1. The van der Waals surface area contributed by atoms with Crippen LogP contribution in [-0.2, 0) is 4.79 Å². The summed E-state index contributed by atoms with van der Waals surface area (Å²) >= 11 is 0. The van der Waals surface area contributed by atoms with Gasteiger partial charge < -0.3 is 10.0 Å². The van der Waals surface area contributed by atoms with E-state index in [1.54, 1.807) is 17.0 Å². The molecule has 0 aromatic heterocycles. The molecule has 0 aliphatic carbocycles. The summed E-state index contributed by atoms with van der Waals surface area (Å²) in [5, 5.41) is 9.36. The van der Waals surface area contributed by atoms with Crippen molar-refractivity contribution in [2.24, 2.45) is 0 Å². The molecular formula is C17H25FN2O2. The van der Waals surface area contributed by atoms with Gasteiger partial charge in [-0.2, -0.15) is 0 Å². The van der Waals surface area contributed by atoms with E-state index in [2.05, 4.69) is 4.90 Å². The van der Waals surface area contributed by atoms with Crippen molar-refractivity contribution >= 4 is 5.91 Å². The fraction of sp³-hybridized carbons (Fsp3) is 0.588. The van der Waals surface area contributed by atoms with Crippen LogP contribution in [0.5, 0.6) is 0 Å². The topological polar surface area (TPSA) is 43.8 Å². The standard InChI is InChI=1S/C17H25FN2O2/c1-3-20(13(2)14-6-8-15(18)9-7-14)17(22)11-19-10-4-5-16(19)12-21/h6-9,13,16,21H,3-5,10-12H2,1-2H3/t13?,16-/m1/s1. The van der Waals surface area contributed by atoms with Gasteiger partial charge in [-0.15, -0.1) is 0 Å². The first-order chi connectivity index (χ1) is 10.6. The second-order valence-electron chi connectivity index (χ2n) is 5.86. The molecular weight excluding hydrogens is 283 g/mol. The van der Waals surface area contributed by atoms with Gasteiger partial charge in [-0.25, -0.2) is 4.39 Å². The highest BCUT2D eigenvalue weighted by Crippen LogP contribution is 2.22. The van der Waals surface area contributed by atoms with E-state index in [-0.39, 0.29) is 30.4 Å². The van der Waals surface area contributed by atoms with Crippen molar-refractivity contribution in [2.45, 2.75) is 38.8 Å². The van der Waals surface area contributed by atoms with Crippen LogP contribution >= 0.6 is 0 Å². The highest BCUT2D eigenvalue weighted by Gasteiger charge is 2.28. The molecule has 1 heterocycles. The first kappa shape index (κ1) is 16.9. The Morgan fingerprint density at radius 1 is 1.45 bits per heavy atom. The van der Waals surface area contributed by atoms with Crippen LogP contribution in [0, 0.1) is 5.82 Å². The molecule has 0 bridgehead atoms. The van der Waals surface area contributed by atoms with Crippen LogP contribution in [0.4, 0.5) is 4.39 Å². The Balaban J connectivity index is 2.03. The zero-order chi connectivity index (χ0) is 16.1. The minimum atomic E-state index is -0.270. The Hall–Kier alpha value is -1.46. The Morgan fingerprint density at radius 2 is 2.14 bits per heavy atom. The zero-order valence-corrected chi connectivity index (χ0v) is 13.3. The van der Waals surface area contributed by atoms with Crippen molar-refractivity contribution in [2.75, 3.05) is 26.2 Å². The van der Waals surface area contributed by atoms with E-state index in [9.17, 15) is 14.3 Å². The maximum absolute atomic E-state index is 13.0. The van der Waals surface area contributed by atoms with Crippen molar-refractivity contribution < 1.29 is 14.3 Å². The molecule has 2 rings (SSSR count). The maximum atomic E-state index is 13.0. The van der Waals surface area contributed by atoms with Crippen molar-refractivity contribution in [3.05, 3.63) is 35.6 Å². The number of aliphatic hydroxyl groups is 1. The molecule has 1 N–H and O–H groups in total. The van der Waals surface area contributed by atoms with E-state index in [0.29, 0.717) is 13.1 Å². The largest absolute Gasteiger partial charge is 0.395 e. The van der Waals surface area contributed by atoms with Crippen LogP contribution in [0.25, 0.3) is 0 Å². The predicted octanol–water partition coefficient (Wildman–Crippen LogP) is 2.19. The number of carbonyl (C=O) groups is 1. The summed E-state index contributed by atoms with van der Waals surface area (Å²) in [6.07, 6.45) is 1.97. The molecule has 2 atom stereocenters. The third-order valence-corrected chi connectivity index (χ3v) is 4.53. The minimum absolute atomic E-state index is 0.0553. The lowest BCUT2D eigenvalue weighted by Gasteiger charge is -2.31. The van der Waals surface area contributed by atoms with Gasteiger partial charge in [0.05, 0.1) is 19.2 Å². The molecule has 22 heavy (non-hydrogen) atoms. The van der Waals surface area contributed by atoms with Gasteiger partial charge in [0, 0.05) is 12.6 Å². The van der Waals surface area contributed by atoms with Crippen molar-refractivity contribution in [1.82, 2.24) is 9.80 Å². The number of likely N-dealkylation sites (N-methyl/N-ethyl adjacent to an activating group) is 1. The van der Waals surface area contributed by atoms with Gasteiger partial charge in [-0.3, -0.25) is 9.69 Å². The molecule has 1 amide bonds. The van der Waals surface area contributed by atoms with E-state index in [1.165, 1.54) is 12.1 Å². The monoisotopic (exact) mass is 308 g/mol. The second kappa shape index (κ2) is 7.70. The maximum Gasteiger partial charge on any atom is 0.237 e. The molecule has 1 saturated heterocycles. The summed E-state index contributed by atoms with van der Waals surface area (Å²) in [5.74, 6) is -0.215. The Kier molecular flexibility index (Phi) is 5.91. The van der Waals surface area contributed by atoms with Crippen molar-refractivity contribution in [3.63, 3.8) is 0 Å². The number of hydrogen-bond donors (Lipinski definition) is 1. The van der Waals surface area contributed by atoms with Crippen molar-refractivity contribution in [1.29, 1.82) is 0 Å². The van der Waals surface area contributed by atoms with Gasteiger partial charge in [-0.1, -0.05) is 12.1 Å². The third-order valence-electron chi connectivity index (χ3n) is 4.53. The molecule has 1 aromatic rings. The highest BCUT2D eigenvalue weighted by atomic mass is 19.1. The van der Waals surface area contributed by atoms with E-state index >= 15 is 0 Å². The number of nitrogens with zero attached hydrogens (tertiary/aromatic N) is 2. The number of rotatable bonds is 6. The Labute approximate surface area is 131 Å². The van der Waals surface area contributed by atoms with E-state index < -0.39 is 0 Å². The number of amides is 1. The van der Waals surface area contributed by atoms with Crippen LogP contribution in [-0.4, -0.2) is 53.1 Å². The number of hydrogen-bond acceptors (Lipinski definition) is 3. The van der Waals surface area contributed by atoms with Crippen LogP contribution in [0.3, 0.4) is 0 Å². The van der Waals surface area contributed by atoms with Crippen LogP contribution < -0.4 is 0 Å². The summed E-state index contributed by atoms with van der Waals surface area (Å²) in [7, 11) is 0. The average Bonchev–Trinajstić information content (AvgIpc) is 2.95. The van der Waals surface area contributed by atoms with Gasteiger partial charge in [0.2, 0.25) is 5.91 Å². The van der Waals surface area contributed by atoms with Crippen LogP contribution in [0.2, 0.25) is 0 Å². The average molecular weight is 308 g/mol. The zero-order valence-electron chi connectivity index (χ0n) is 13.3. The fourth-order valence-corrected chi connectivity index (χ4v) is 3.16. The quantitative estimate of drug-likeness (QED) is 0.876. The molecule has 1 aliphatic heterocycles. The molecule has 1 unspecified atom stereocenters. The van der Waals surface area contributed by atoms with Gasteiger partial charge in [0.1, 0.15) is 5.82 Å². The van der Waals surface area contributed by atoms with Crippen LogP contribution in [0.1, 0.15) is 38.3 Å². The lowest BCUT2D eigenvalue weighted by molar-refractivity contribution is -0.134. The van der Waals surface area contributed by atoms with Gasteiger partial charge in [0.15, 0.2) is 0 Å². The second-order valence-corrected chi connectivity index (χ2v) is 5.86. The van der Waals surface area contributed by atoms with Gasteiger partial charge in [0.25, 0.3) is 0 Å². The number of halogens is 1. The first-order valence-corrected chi connectivity index (χ1v) is 7.96. The predicted molar refractivity (Wildman–Crippen MR) is 83.9 cm³/mol. The summed E-state index contributed by atoms with van der Waals surface area (Å²) in [5.41, 5.74) is 0.928. The number of carbonyl (C=O) groups excluding carboxylic acids is 1. The van der Waals surface area contributed by atoms with Crippen LogP contribution in [0.15, 0.2) is 24.3 Å².